The van der Waals surface area contributed by atoms with Crippen LogP contribution in [0.5, 0.6) is 0 Å². The van der Waals surface area contributed by atoms with E-state index in [-0.39, 0.29) is 16.9 Å². The lowest BCUT2D eigenvalue weighted by molar-refractivity contribution is -0.135. The lowest BCUT2D eigenvalue weighted by Crippen LogP contribution is -2.47. The first-order valence-corrected chi connectivity index (χ1v) is 8.31. The Balaban J connectivity index is 2.85. The van der Waals surface area contributed by atoms with Crippen LogP contribution in [0.25, 0.3) is 11.8 Å². The van der Waals surface area contributed by atoms with Crippen molar-refractivity contribution in [2.24, 2.45) is 5.41 Å². The predicted molar refractivity (Wildman–Crippen MR) is 92.1 cm³/mol. The van der Waals surface area contributed by atoms with Crippen LogP contribution in [0, 0.1) is 5.41 Å². The van der Waals surface area contributed by atoms with Gasteiger partial charge < -0.3 is 14.6 Å². The van der Waals surface area contributed by atoms with Crippen molar-refractivity contribution in [1.82, 2.24) is 14.9 Å². The number of ether oxygens (including phenoxy) is 1. The van der Waals surface area contributed by atoms with E-state index in [1.54, 1.807) is 0 Å². The molecule has 0 radical (unpaired) electrons. The molecule has 2 rings (SSSR count). The molecule has 1 N–H and O–H groups in total. The fourth-order valence-electron chi connectivity index (χ4n) is 2.99. The molecule has 0 saturated carbocycles. The Morgan fingerprint density at radius 2 is 1.96 bits per heavy atom. The van der Waals surface area contributed by atoms with Gasteiger partial charge in [0.15, 0.2) is 0 Å². The summed E-state index contributed by atoms with van der Waals surface area (Å²) in [6.45, 7) is 16.0. The zero-order valence-electron chi connectivity index (χ0n) is 15.4. The highest BCUT2D eigenvalue weighted by Gasteiger charge is 2.28. The number of nitrogens with one attached hydrogen (secondary N) is 1. The van der Waals surface area contributed by atoms with Gasteiger partial charge in [0.1, 0.15) is 5.48 Å². The van der Waals surface area contributed by atoms with Crippen molar-refractivity contribution in [3.05, 3.63) is 16.5 Å². The molecule has 0 fully saturated rings. The van der Waals surface area contributed by atoms with Gasteiger partial charge in [0, 0.05) is 29.6 Å². The SMILES string of the molecule is CCOC(=O)C=c1nc2c(n1C(C)(C)C)=C(C(C)(C)C)NCC2. The highest BCUT2D eigenvalue weighted by Crippen LogP contribution is 2.25. The van der Waals surface area contributed by atoms with Gasteiger partial charge in [-0.05, 0) is 27.7 Å². The lowest BCUT2D eigenvalue weighted by atomic mass is 9.89. The second kappa shape index (κ2) is 6.02. The van der Waals surface area contributed by atoms with Gasteiger partial charge in [-0.1, -0.05) is 20.8 Å². The largest absolute Gasteiger partial charge is 0.463 e. The zero-order valence-corrected chi connectivity index (χ0v) is 15.4. The predicted octanol–water partition coefficient (Wildman–Crippen LogP) is 1.28. The summed E-state index contributed by atoms with van der Waals surface area (Å²) in [5.74, 6) is -0.342. The average molecular weight is 319 g/mol. The van der Waals surface area contributed by atoms with E-state index < -0.39 is 0 Å². The fourth-order valence-corrected chi connectivity index (χ4v) is 2.99. The summed E-state index contributed by atoms with van der Waals surface area (Å²) in [4.78, 5) is 16.7. The van der Waals surface area contributed by atoms with E-state index in [1.807, 2.05) is 6.92 Å². The molecule has 0 saturated heterocycles. The molecule has 1 aliphatic heterocycles. The standard InChI is InChI=1S/C18H29N3O2/c1-8-23-14(22)11-13-20-12-9-10-19-16(17(2,3)4)15(12)21(13)18(5,6)7/h11,19H,8-10H2,1-7H3. The van der Waals surface area contributed by atoms with Crippen molar-refractivity contribution in [3.63, 3.8) is 0 Å². The normalized spacial score (nSPS) is 16.1. The van der Waals surface area contributed by atoms with Crippen molar-refractivity contribution in [3.8, 4) is 0 Å². The Kier molecular flexibility index (Phi) is 4.60. The van der Waals surface area contributed by atoms with Crippen molar-refractivity contribution >= 4 is 17.7 Å². The summed E-state index contributed by atoms with van der Waals surface area (Å²) in [5.41, 5.74) is 2.71. The number of imidazole rings is 1. The Labute approximate surface area is 138 Å². The zero-order chi connectivity index (χ0) is 17.4. The Hall–Kier alpha value is -1.78. The topological polar surface area (TPSA) is 56.1 Å². The summed E-state index contributed by atoms with van der Waals surface area (Å²) in [6.07, 6.45) is 2.37. The van der Waals surface area contributed by atoms with Gasteiger partial charge in [0.2, 0.25) is 0 Å². The molecule has 0 aliphatic carbocycles. The van der Waals surface area contributed by atoms with Crippen LogP contribution in [-0.2, 0) is 21.5 Å². The molecule has 128 valence electrons. The number of nitrogens with zero attached hydrogens (tertiary/aromatic N) is 2. The molecule has 0 aromatic carbocycles. The summed E-state index contributed by atoms with van der Waals surface area (Å²) < 4.78 is 7.23. The number of hydrogen-bond donors (Lipinski definition) is 1. The van der Waals surface area contributed by atoms with Crippen molar-refractivity contribution in [2.75, 3.05) is 13.2 Å². The maximum Gasteiger partial charge on any atom is 0.334 e. The number of carbonyl (C=O) groups excluding carboxylic acids is 1. The molecular weight excluding hydrogens is 290 g/mol. The van der Waals surface area contributed by atoms with Crippen LogP contribution in [-0.4, -0.2) is 28.7 Å². The van der Waals surface area contributed by atoms with Crippen LogP contribution >= 0.6 is 0 Å². The van der Waals surface area contributed by atoms with E-state index in [9.17, 15) is 4.79 Å². The van der Waals surface area contributed by atoms with E-state index in [2.05, 4.69) is 51.4 Å². The van der Waals surface area contributed by atoms with Crippen molar-refractivity contribution < 1.29 is 9.53 Å². The molecule has 5 nitrogen and oxygen atoms in total. The summed E-state index contributed by atoms with van der Waals surface area (Å²) in [5, 5.41) is 4.66. The molecule has 0 unspecified atom stereocenters. The van der Waals surface area contributed by atoms with E-state index in [1.165, 1.54) is 11.8 Å². The summed E-state index contributed by atoms with van der Waals surface area (Å²) in [6, 6.07) is 0. The third kappa shape index (κ3) is 3.59. The third-order valence-electron chi connectivity index (χ3n) is 3.83. The van der Waals surface area contributed by atoms with E-state index in [4.69, 9.17) is 9.72 Å². The van der Waals surface area contributed by atoms with Crippen LogP contribution in [0.3, 0.4) is 0 Å². The van der Waals surface area contributed by atoms with Crippen LogP contribution in [0.15, 0.2) is 0 Å². The maximum absolute atomic E-state index is 11.9. The van der Waals surface area contributed by atoms with Gasteiger partial charge >= 0.3 is 5.97 Å². The van der Waals surface area contributed by atoms with E-state index in [0.29, 0.717) is 12.1 Å². The van der Waals surface area contributed by atoms with Gasteiger partial charge in [-0.25, -0.2) is 9.78 Å². The molecule has 1 aromatic rings. The highest BCUT2D eigenvalue weighted by molar-refractivity contribution is 5.99. The highest BCUT2D eigenvalue weighted by atomic mass is 16.5. The number of fused-ring (bicyclic) bond motifs is 1. The second-order valence-electron chi connectivity index (χ2n) is 7.97. The number of carbonyl (C=O) groups is 1. The van der Waals surface area contributed by atoms with Gasteiger partial charge in [-0.15, -0.1) is 0 Å². The maximum atomic E-state index is 11.9. The Morgan fingerprint density at radius 3 is 2.48 bits per heavy atom. The first-order valence-electron chi connectivity index (χ1n) is 8.31. The van der Waals surface area contributed by atoms with Crippen LogP contribution < -0.4 is 16.1 Å². The molecule has 2 heterocycles. The molecule has 0 amide bonds. The van der Waals surface area contributed by atoms with E-state index in [0.717, 1.165) is 24.0 Å². The molecule has 0 atom stereocenters. The minimum absolute atomic E-state index is 0.0145. The molecule has 1 aromatic heterocycles. The van der Waals surface area contributed by atoms with E-state index >= 15 is 0 Å². The first-order chi connectivity index (χ1) is 10.6. The van der Waals surface area contributed by atoms with Gasteiger partial charge in [0.05, 0.1) is 23.7 Å². The fraction of sp³-hybridized carbons (Fsp3) is 0.667. The summed E-state index contributed by atoms with van der Waals surface area (Å²) >= 11 is 0. The number of hydrogen-bond acceptors (Lipinski definition) is 4. The number of esters is 1. The number of aromatic nitrogens is 2. The molecule has 0 bridgehead atoms. The quantitative estimate of drug-likeness (QED) is 0.835. The molecule has 5 heteroatoms. The van der Waals surface area contributed by atoms with Crippen LogP contribution in [0.4, 0.5) is 0 Å². The smallest absolute Gasteiger partial charge is 0.334 e. The molecular formula is C18H29N3O2. The van der Waals surface area contributed by atoms with Gasteiger partial charge in [0.25, 0.3) is 0 Å². The Bertz CT molecular complexity index is 715. The van der Waals surface area contributed by atoms with Crippen molar-refractivity contribution in [1.29, 1.82) is 0 Å². The second-order valence-corrected chi connectivity index (χ2v) is 7.97. The van der Waals surface area contributed by atoms with Gasteiger partial charge in [-0.2, -0.15) is 0 Å². The Morgan fingerprint density at radius 1 is 1.30 bits per heavy atom. The third-order valence-corrected chi connectivity index (χ3v) is 3.83. The van der Waals surface area contributed by atoms with Crippen molar-refractivity contribution in [2.45, 2.75) is 60.4 Å². The van der Waals surface area contributed by atoms with Gasteiger partial charge in [-0.3, -0.25) is 0 Å². The monoisotopic (exact) mass is 319 g/mol. The molecule has 23 heavy (non-hydrogen) atoms. The first kappa shape index (κ1) is 17.6. The average Bonchev–Trinajstić information content (AvgIpc) is 2.74. The molecule has 0 spiro atoms. The van der Waals surface area contributed by atoms with Crippen LogP contribution in [0.1, 0.15) is 54.2 Å². The minimum atomic E-state index is -0.342. The number of rotatable bonds is 2. The summed E-state index contributed by atoms with van der Waals surface area (Å²) in [7, 11) is 0. The molecule has 1 aliphatic rings. The van der Waals surface area contributed by atoms with Crippen LogP contribution in [0.2, 0.25) is 0 Å². The minimum Gasteiger partial charge on any atom is -0.463 e. The lowest BCUT2D eigenvalue weighted by Gasteiger charge is -2.30.